The third-order valence-corrected chi connectivity index (χ3v) is 4.69. The largest absolute Gasteiger partial charge is 0.353 e. The second kappa shape index (κ2) is 7.73. The predicted octanol–water partition coefficient (Wildman–Crippen LogP) is 2.70. The Kier molecular flexibility index (Phi) is 5.95. The average molecular weight is 266 g/mol. The lowest BCUT2D eigenvalue weighted by Gasteiger charge is -2.26. The summed E-state index contributed by atoms with van der Waals surface area (Å²) in [5.74, 6) is 7.14. The van der Waals surface area contributed by atoms with E-state index < -0.39 is 0 Å². The molecule has 110 valence electrons. The first-order valence-electron chi connectivity index (χ1n) is 8.10. The van der Waals surface area contributed by atoms with Crippen molar-refractivity contribution in [2.24, 2.45) is 16.8 Å². The van der Waals surface area contributed by atoms with E-state index in [0.29, 0.717) is 18.0 Å². The number of nitrogens with two attached hydrogens (primary N) is 1. The molecule has 0 bridgehead atoms. The van der Waals surface area contributed by atoms with E-state index >= 15 is 0 Å². The fourth-order valence-electron chi connectivity index (χ4n) is 3.39. The Morgan fingerprint density at radius 2 is 1.58 bits per heavy atom. The van der Waals surface area contributed by atoms with E-state index in [1.54, 1.807) is 0 Å². The highest BCUT2D eigenvalue weighted by Crippen LogP contribution is 2.25. The summed E-state index contributed by atoms with van der Waals surface area (Å²) in [4.78, 5) is 4.86. The van der Waals surface area contributed by atoms with Crippen LogP contribution < -0.4 is 16.6 Å². The van der Waals surface area contributed by atoms with Gasteiger partial charge in [0.25, 0.3) is 0 Å². The maximum atomic E-state index is 5.65. The van der Waals surface area contributed by atoms with Gasteiger partial charge in [-0.25, -0.2) is 10.8 Å². The highest BCUT2D eigenvalue weighted by Gasteiger charge is 2.21. The molecule has 2 aliphatic rings. The zero-order chi connectivity index (χ0) is 13.5. The molecule has 4 heteroatoms. The Balaban J connectivity index is 1.92. The van der Waals surface area contributed by atoms with Crippen LogP contribution in [0.4, 0.5) is 0 Å². The number of hydrogen-bond donors (Lipinski definition) is 3. The van der Waals surface area contributed by atoms with E-state index in [1.165, 1.54) is 64.2 Å². The van der Waals surface area contributed by atoms with Gasteiger partial charge >= 0.3 is 0 Å². The Morgan fingerprint density at radius 3 is 2.26 bits per heavy atom. The molecule has 0 aromatic carbocycles. The van der Waals surface area contributed by atoms with E-state index in [9.17, 15) is 0 Å². The van der Waals surface area contributed by atoms with Gasteiger partial charge in [0.2, 0.25) is 5.96 Å². The summed E-state index contributed by atoms with van der Waals surface area (Å²) in [6.07, 6.45) is 13.1. The van der Waals surface area contributed by atoms with Crippen molar-refractivity contribution in [1.82, 2.24) is 10.7 Å². The number of nitrogens with zero attached hydrogens (tertiary/aromatic N) is 1. The van der Waals surface area contributed by atoms with Crippen LogP contribution in [0, 0.1) is 5.92 Å². The van der Waals surface area contributed by atoms with Gasteiger partial charge in [0, 0.05) is 6.04 Å². The normalized spacial score (nSPS) is 30.7. The summed E-state index contributed by atoms with van der Waals surface area (Å²) in [6, 6.07) is 0.995. The lowest BCUT2D eigenvalue weighted by atomic mass is 9.95. The standard InChI is InChI=1S/C15H30N4/c1-12-8-4-2-7-11-14(12)18-15(19-16)17-13-9-5-3-6-10-13/h12-14H,2-11,16H2,1H3,(H2,17,18,19). The van der Waals surface area contributed by atoms with Crippen molar-refractivity contribution in [3.8, 4) is 0 Å². The van der Waals surface area contributed by atoms with Gasteiger partial charge in [-0.1, -0.05) is 45.4 Å². The highest BCUT2D eigenvalue weighted by atomic mass is 15.3. The minimum atomic E-state index is 0.435. The zero-order valence-corrected chi connectivity index (χ0v) is 12.3. The number of aliphatic imine (C=N–C) groups is 1. The molecule has 0 saturated heterocycles. The molecule has 19 heavy (non-hydrogen) atoms. The fourth-order valence-corrected chi connectivity index (χ4v) is 3.39. The van der Waals surface area contributed by atoms with Crippen LogP contribution in [-0.4, -0.2) is 18.0 Å². The molecule has 2 rings (SSSR count). The third-order valence-electron chi connectivity index (χ3n) is 4.69. The molecule has 2 atom stereocenters. The fraction of sp³-hybridized carbons (Fsp3) is 0.933. The van der Waals surface area contributed by atoms with Crippen molar-refractivity contribution in [2.75, 3.05) is 0 Å². The van der Waals surface area contributed by atoms with Gasteiger partial charge in [-0.05, 0) is 31.6 Å². The molecule has 0 aromatic heterocycles. The molecule has 0 heterocycles. The molecule has 0 aliphatic heterocycles. The second-order valence-corrected chi connectivity index (χ2v) is 6.28. The summed E-state index contributed by atoms with van der Waals surface area (Å²) < 4.78 is 0. The van der Waals surface area contributed by atoms with E-state index in [4.69, 9.17) is 10.8 Å². The molecule has 2 unspecified atom stereocenters. The topological polar surface area (TPSA) is 62.4 Å². The van der Waals surface area contributed by atoms with Crippen LogP contribution in [-0.2, 0) is 0 Å². The van der Waals surface area contributed by atoms with Crippen LogP contribution in [0.3, 0.4) is 0 Å². The molecule has 0 amide bonds. The number of hydrazine groups is 1. The minimum absolute atomic E-state index is 0.435. The number of hydrogen-bond acceptors (Lipinski definition) is 2. The maximum absolute atomic E-state index is 5.65. The molecular formula is C15H30N4. The monoisotopic (exact) mass is 266 g/mol. The van der Waals surface area contributed by atoms with E-state index in [-0.39, 0.29) is 0 Å². The van der Waals surface area contributed by atoms with Crippen molar-refractivity contribution >= 4 is 5.96 Å². The van der Waals surface area contributed by atoms with Crippen LogP contribution in [0.2, 0.25) is 0 Å². The summed E-state index contributed by atoms with van der Waals surface area (Å²) in [5, 5.41) is 3.51. The van der Waals surface area contributed by atoms with Gasteiger partial charge in [0.1, 0.15) is 0 Å². The first-order valence-corrected chi connectivity index (χ1v) is 8.10. The molecule has 2 saturated carbocycles. The zero-order valence-electron chi connectivity index (χ0n) is 12.3. The predicted molar refractivity (Wildman–Crippen MR) is 80.8 cm³/mol. The summed E-state index contributed by atoms with van der Waals surface area (Å²) in [7, 11) is 0. The Hall–Kier alpha value is -0.770. The lowest BCUT2D eigenvalue weighted by Crippen LogP contribution is -2.47. The molecule has 4 nitrogen and oxygen atoms in total. The maximum Gasteiger partial charge on any atom is 0.206 e. The number of guanidine groups is 1. The smallest absolute Gasteiger partial charge is 0.206 e. The molecule has 0 spiro atoms. The molecule has 2 fully saturated rings. The van der Waals surface area contributed by atoms with Crippen molar-refractivity contribution in [1.29, 1.82) is 0 Å². The van der Waals surface area contributed by atoms with Crippen LogP contribution >= 0.6 is 0 Å². The van der Waals surface area contributed by atoms with Gasteiger partial charge in [-0.15, -0.1) is 0 Å². The van der Waals surface area contributed by atoms with Gasteiger partial charge in [-0.3, -0.25) is 5.43 Å². The van der Waals surface area contributed by atoms with E-state index in [0.717, 1.165) is 5.96 Å². The minimum Gasteiger partial charge on any atom is -0.353 e. The van der Waals surface area contributed by atoms with E-state index in [2.05, 4.69) is 17.7 Å². The van der Waals surface area contributed by atoms with Gasteiger partial charge in [-0.2, -0.15) is 0 Å². The van der Waals surface area contributed by atoms with Crippen molar-refractivity contribution < 1.29 is 0 Å². The first kappa shape index (κ1) is 14.6. The van der Waals surface area contributed by atoms with Gasteiger partial charge in [0.05, 0.1) is 6.04 Å². The average Bonchev–Trinajstić information content (AvgIpc) is 2.64. The van der Waals surface area contributed by atoms with Gasteiger partial charge < -0.3 is 5.32 Å². The molecule has 0 radical (unpaired) electrons. The molecule has 0 aromatic rings. The SMILES string of the molecule is CC1CCCCCC1N=C(NN)NC1CCCCC1. The van der Waals surface area contributed by atoms with Crippen LogP contribution in [0.5, 0.6) is 0 Å². The lowest BCUT2D eigenvalue weighted by molar-refractivity contribution is 0.402. The van der Waals surface area contributed by atoms with Gasteiger partial charge in [0.15, 0.2) is 0 Å². The van der Waals surface area contributed by atoms with Crippen molar-refractivity contribution in [3.05, 3.63) is 0 Å². The Labute approximate surface area is 117 Å². The van der Waals surface area contributed by atoms with Crippen LogP contribution in [0.1, 0.15) is 71.1 Å². The first-order chi connectivity index (χ1) is 9.29. The van der Waals surface area contributed by atoms with E-state index in [1.807, 2.05) is 0 Å². The molecule has 4 N–H and O–H groups in total. The highest BCUT2D eigenvalue weighted by molar-refractivity contribution is 5.79. The van der Waals surface area contributed by atoms with Crippen molar-refractivity contribution in [3.63, 3.8) is 0 Å². The summed E-state index contributed by atoms with van der Waals surface area (Å²) in [6.45, 7) is 2.33. The van der Waals surface area contributed by atoms with Crippen molar-refractivity contribution in [2.45, 2.75) is 83.2 Å². The van der Waals surface area contributed by atoms with Crippen LogP contribution in [0.15, 0.2) is 4.99 Å². The second-order valence-electron chi connectivity index (χ2n) is 6.28. The Bertz CT molecular complexity index is 284. The molecule has 2 aliphatic carbocycles. The quantitative estimate of drug-likeness (QED) is 0.237. The van der Waals surface area contributed by atoms with Crippen LogP contribution in [0.25, 0.3) is 0 Å². The molecular weight excluding hydrogens is 236 g/mol. The third kappa shape index (κ3) is 4.68. The summed E-state index contributed by atoms with van der Waals surface area (Å²) >= 11 is 0. The summed E-state index contributed by atoms with van der Waals surface area (Å²) in [5.41, 5.74) is 2.78. The Morgan fingerprint density at radius 1 is 0.947 bits per heavy atom. The number of nitrogens with one attached hydrogen (secondary N) is 2. The number of rotatable bonds is 2.